The highest BCUT2D eigenvalue weighted by atomic mass is 16.5. The minimum absolute atomic E-state index is 0.0828. The number of aryl methyl sites for hydroxylation is 2. The van der Waals surface area contributed by atoms with Crippen molar-refractivity contribution in [2.45, 2.75) is 60.9 Å². The monoisotopic (exact) mass is 448 g/mol. The van der Waals surface area contributed by atoms with E-state index in [2.05, 4.69) is 4.98 Å². The maximum atomic E-state index is 13.0. The highest BCUT2D eigenvalue weighted by Crippen LogP contribution is 2.22. The van der Waals surface area contributed by atoms with Crippen LogP contribution in [0.5, 0.6) is 0 Å². The van der Waals surface area contributed by atoms with E-state index in [-0.39, 0.29) is 36.1 Å². The van der Waals surface area contributed by atoms with Gasteiger partial charge in [-0.1, -0.05) is 27.2 Å². The molecule has 0 fully saturated rings. The molecule has 0 saturated carbocycles. The molecule has 2 rings (SSSR count). The van der Waals surface area contributed by atoms with Crippen LogP contribution in [0, 0.1) is 26.7 Å². The van der Waals surface area contributed by atoms with E-state index in [9.17, 15) is 19.2 Å². The second kappa shape index (κ2) is 10.3. The number of esters is 1. The number of carbonyl (C=O) groups is 2. The van der Waals surface area contributed by atoms with Gasteiger partial charge in [0.1, 0.15) is 22.9 Å². The first-order valence-corrected chi connectivity index (χ1v) is 10.7. The SMILES string of the molecule is CCCCN(C(=O)COC(=O)c1c(C)oc(C)c1C)c1c(N)n(CC(C)C)c(=O)[nH]c1=O. The van der Waals surface area contributed by atoms with Gasteiger partial charge in [0.25, 0.3) is 11.5 Å². The summed E-state index contributed by atoms with van der Waals surface area (Å²) in [6.07, 6.45) is 1.33. The Kier molecular flexibility index (Phi) is 8.07. The normalized spacial score (nSPS) is 11.1. The molecular formula is C22H32N4O6. The van der Waals surface area contributed by atoms with Crippen molar-refractivity contribution in [3.63, 3.8) is 0 Å². The molecule has 2 aromatic heterocycles. The first-order chi connectivity index (χ1) is 15.0. The predicted octanol–water partition coefficient (Wildman–Crippen LogP) is 2.28. The van der Waals surface area contributed by atoms with Gasteiger partial charge >= 0.3 is 11.7 Å². The van der Waals surface area contributed by atoms with Gasteiger partial charge in [-0.15, -0.1) is 0 Å². The molecule has 0 aliphatic heterocycles. The van der Waals surface area contributed by atoms with E-state index >= 15 is 0 Å². The maximum Gasteiger partial charge on any atom is 0.342 e. The minimum Gasteiger partial charge on any atom is -0.465 e. The highest BCUT2D eigenvalue weighted by molar-refractivity contribution is 5.99. The number of furan rings is 1. The lowest BCUT2D eigenvalue weighted by molar-refractivity contribution is -0.121. The summed E-state index contributed by atoms with van der Waals surface area (Å²) in [5.41, 5.74) is 5.56. The largest absolute Gasteiger partial charge is 0.465 e. The Hall–Kier alpha value is -3.30. The number of amides is 1. The molecular weight excluding hydrogens is 416 g/mol. The third kappa shape index (κ3) is 5.30. The van der Waals surface area contributed by atoms with Crippen LogP contribution in [0.15, 0.2) is 14.0 Å². The lowest BCUT2D eigenvalue weighted by Crippen LogP contribution is -2.43. The number of nitrogens with one attached hydrogen (secondary N) is 1. The van der Waals surface area contributed by atoms with Gasteiger partial charge in [0.05, 0.1) is 0 Å². The Morgan fingerprint density at radius 1 is 1.19 bits per heavy atom. The predicted molar refractivity (Wildman–Crippen MR) is 121 cm³/mol. The third-order valence-electron chi connectivity index (χ3n) is 5.16. The highest BCUT2D eigenvalue weighted by Gasteiger charge is 2.26. The number of hydrogen-bond donors (Lipinski definition) is 2. The fraction of sp³-hybridized carbons (Fsp3) is 0.545. The molecule has 0 bridgehead atoms. The van der Waals surface area contributed by atoms with Crippen molar-refractivity contribution in [1.29, 1.82) is 0 Å². The number of nitrogen functional groups attached to an aromatic ring is 1. The molecule has 32 heavy (non-hydrogen) atoms. The van der Waals surface area contributed by atoms with Crippen LogP contribution < -0.4 is 21.9 Å². The van der Waals surface area contributed by atoms with Crippen LogP contribution in [0.1, 0.15) is 61.1 Å². The van der Waals surface area contributed by atoms with Gasteiger partial charge in [0.15, 0.2) is 12.3 Å². The fourth-order valence-electron chi connectivity index (χ4n) is 3.43. The van der Waals surface area contributed by atoms with Gasteiger partial charge in [-0.25, -0.2) is 9.59 Å². The van der Waals surface area contributed by atoms with Crippen LogP contribution >= 0.6 is 0 Å². The summed E-state index contributed by atoms with van der Waals surface area (Å²) in [5, 5.41) is 0. The van der Waals surface area contributed by atoms with Crippen molar-refractivity contribution in [2.75, 3.05) is 23.8 Å². The number of aromatic amines is 1. The number of carbonyl (C=O) groups excluding carboxylic acids is 2. The van der Waals surface area contributed by atoms with Crippen molar-refractivity contribution in [3.05, 3.63) is 43.5 Å². The van der Waals surface area contributed by atoms with Crippen molar-refractivity contribution >= 4 is 23.4 Å². The number of H-pyrrole nitrogens is 1. The smallest absolute Gasteiger partial charge is 0.342 e. The Labute approximate surface area is 186 Å². The molecule has 2 heterocycles. The van der Waals surface area contributed by atoms with Gasteiger partial charge in [0, 0.05) is 18.7 Å². The molecule has 0 atom stereocenters. The van der Waals surface area contributed by atoms with Crippen molar-refractivity contribution in [2.24, 2.45) is 5.92 Å². The summed E-state index contributed by atoms with van der Waals surface area (Å²) in [6, 6.07) is 0. The van der Waals surface area contributed by atoms with Gasteiger partial charge in [-0.05, 0) is 33.1 Å². The molecule has 0 aromatic carbocycles. The summed E-state index contributed by atoms with van der Waals surface area (Å²) < 4.78 is 11.9. The molecule has 10 heteroatoms. The standard InChI is InChI=1S/C22H32N4O6/c1-7-8-9-25(18-19(23)26(10-12(2)3)22(30)24-20(18)28)16(27)11-31-21(29)17-13(4)14(5)32-15(17)6/h12H,7-11,23H2,1-6H3,(H,24,28,30). The molecule has 0 aliphatic carbocycles. The van der Waals surface area contributed by atoms with Crippen LogP contribution in [-0.4, -0.2) is 34.6 Å². The van der Waals surface area contributed by atoms with Crippen LogP contribution in [-0.2, 0) is 16.1 Å². The number of hydrogen-bond acceptors (Lipinski definition) is 7. The van der Waals surface area contributed by atoms with Crippen LogP contribution in [0.25, 0.3) is 0 Å². The Morgan fingerprint density at radius 2 is 1.84 bits per heavy atom. The molecule has 3 N–H and O–H groups in total. The van der Waals surface area contributed by atoms with E-state index in [1.807, 2.05) is 20.8 Å². The average molecular weight is 449 g/mol. The lowest BCUT2D eigenvalue weighted by Gasteiger charge is -2.24. The molecule has 0 aliphatic rings. The van der Waals surface area contributed by atoms with Gasteiger partial charge in [-0.2, -0.15) is 0 Å². The Balaban J connectivity index is 2.36. The number of ether oxygens (including phenoxy) is 1. The number of anilines is 2. The number of rotatable bonds is 9. The Bertz CT molecular complexity index is 1110. The van der Waals surface area contributed by atoms with E-state index in [4.69, 9.17) is 14.9 Å². The molecule has 0 radical (unpaired) electrons. The van der Waals surface area contributed by atoms with E-state index in [0.29, 0.717) is 23.5 Å². The summed E-state index contributed by atoms with van der Waals surface area (Å²) in [7, 11) is 0. The second-order valence-corrected chi connectivity index (χ2v) is 8.19. The quantitative estimate of drug-likeness (QED) is 0.561. The van der Waals surface area contributed by atoms with Gasteiger partial charge in [-0.3, -0.25) is 19.1 Å². The summed E-state index contributed by atoms with van der Waals surface area (Å²) in [4.78, 5) is 53.8. The number of aromatic nitrogens is 2. The molecule has 0 spiro atoms. The molecule has 10 nitrogen and oxygen atoms in total. The van der Waals surface area contributed by atoms with E-state index in [1.54, 1.807) is 20.8 Å². The fourth-order valence-corrected chi connectivity index (χ4v) is 3.43. The van der Waals surface area contributed by atoms with Crippen molar-refractivity contribution < 1.29 is 18.7 Å². The minimum atomic E-state index is -0.763. The number of unbranched alkanes of at least 4 members (excludes halogenated alkanes) is 1. The molecule has 0 unspecified atom stereocenters. The average Bonchev–Trinajstić information content (AvgIpc) is 2.96. The summed E-state index contributed by atoms with van der Waals surface area (Å²) in [5.74, 6) is -0.319. The van der Waals surface area contributed by atoms with Crippen LogP contribution in [0.4, 0.5) is 11.5 Å². The number of nitrogens with zero attached hydrogens (tertiary/aromatic N) is 2. The molecule has 176 valence electrons. The van der Waals surface area contributed by atoms with Gasteiger partial charge in [0.2, 0.25) is 0 Å². The molecule has 2 aromatic rings. The van der Waals surface area contributed by atoms with E-state index in [1.165, 1.54) is 9.47 Å². The van der Waals surface area contributed by atoms with Gasteiger partial charge < -0.3 is 19.8 Å². The van der Waals surface area contributed by atoms with Crippen LogP contribution in [0.3, 0.4) is 0 Å². The van der Waals surface area contributed by atoms with E-state index < -0.39 is 29.7 Å². The first-order valence-electron chi connectivity index (χ1n) is 10.7. The zero-order valence-electron chi connectivity index (χ0n) is 19.5. The Morgan fingerprint density at radius 3 is 2.38 bits per heavy atom. The topological polar surface area (TPSA) is 141 Å². The summed E-state index contributed by atoms with van der Waals surface area (Å²) >= 11 is 0. The summed E-state index contributed by atoms with van der Waals surface area (Å²) in [6.45, 7) is 10.7. The second-order valence-electron chi connectivity index (χ2n) is 8.19. The van der Waals surface area contributed by atoms with E-state index in [0.717, 1.165) is 6.42 Å². The number of nitrogens with two attached hydrogens (primary N) is 1. The third-order valence-corrected chi connectivity index (χ3v) is 5.16. The van der Waals surface area contributed by atoms with Crippen molar-refractivity contribution in [3.8, 4) is 0 Å². The molecule has 1 amide bonds. The van der Waals surface area contributed by atoms with Crippen molar-refractivity contribution in [1.82, 2.24) is 9.55 Å². The van der Waals surface area contributed by atoms with Crippen LogP contribution in [0.2, 0.25) is 0 Å². The lowest BCUT2D eigenvalue weighted by atomic mass is 10.1. The molecule has 0 saturated heterocycles. The maximum absolute atomic E-state index is 13.0. The zero-order valence-corrected chi connectivity index (χ0v) is 19.5. The first kappa shape index (κ1) is 25.0. The zero-order chi connectivity index (χ0) is 24.2.